The molecular weight excluding hydrogens is 313 g/mol. The van der Waals surface area contributed by atoms with Gasteiger partial charge >= 0.3 is 0 Å². The standard InChI is InChI=1S/C17H18FN3OS/c18-13-2-1-3-14-15(13)16(22)20-17(19-14)5-7-21(8-6-17)10-12-4-9-23-11-12/h1-4,9,11,19H,5-8,10H2,(H,20,22). The van der Waals surface area contributed by atoms with Gasteiger partial charge in [0.2, 0.25) is 0 Å². The Morgan fingerprint density at radius 2 is 2.04 bits per heavy atom. The maximum atomic E-state index is 13.8. The van der Waals surface area contributed by atoms with Gasteiger partial charge < -0.3 is 10.6 Å². The molecule has 2 aliphatic heterocycles. The molecule has 4 nitrogen and oxygen atoms in total. The summed E-state index contributed by atoms with van der Waals surface area (Å²) in [5.41, 5.74) is 1.60. The zero-order valence-corrected chi connectivity index (χ0v) is 13.5. The van der Waals surface area contributed by atoms with Crippen molar-refractivity contribution in [1.29, 1.82) is 0 Å². The van der Waals surface area contributed by atoms with Crippen LogP contribution >= 0.6 is 11.3 Å². The number of hydrogen-bond acceptors (Lipinski definition) is 4. The summed E-state index contributed by atoms with van der Waals surface area (Å²) in [5.74, 6) is -0.791. The van der Waals surface area contributed by atoms with Crippen molar-refractivity contribution >= 4 is 22.9 Å². The predicted octanol–water partition coefficient (Wildman–Crippen LogP) is 3.03. The van der Waals surface area contributed by atoms with Crippen LogP contribution in [0.1, 0.15) is 28.8 Å². The van der Waals surface area contributed by atoms with Gasteiger partial charge in [-0.05, 0) is 34.5 Å². The number of rotatable bonds is 2. The first-order valence-corrected chi connectivity index (χ1v) is 8.72. The largest absolute Gasteiger partial charge is 0.362 e. The highest BCUT2D eigenvalue weighted by atomic mass is 32.1. The number of carbonyl (C=O) groups is 1. The van der Waals surface area contributed by atoms with E-state index in [1.807, 2.05) is 0 Å². The van der Waals surface area contributed by atoms with Crippen molar-refractivity contribution in [2.75, 3.05) is 18.4 Å². The van der Waals surface area contributed by atoms with Crippen LogP contribution in [-0.4, -0.2) is 29.6 Å². The van der Waals surface area contributed by atoms with Crippen molar-refractivity contribution < 1.29 is 9.18 Å². The van der Waals surface area contributed by atoms with E-state index in [1.54, 1.807) is 23.5 Å². The highest BCUT2D eigenvalue weighted by Gasteiger charge is 2.40. The Kier molecular flexibility index (Phi) is 3.58. The first-order chi connectivity index (χ1) is 11.2. The summed E-state index contributed by atoms with van der Waals surface area (Å²) in [4.78, 5) is 14.7. The van der Waals surface area contributed by atoms with E-state index in [1.165, 1.54) is 11.6 Å². The summed E-state index contributed by atoms with van der Waals surface area (Å²) in [7, 11) is 0. The van der Waals surface area contributed by atoms with Gasteiger partial charge in [0.15, 0.2) is 0 Å². The van der Waals surface area contributed by atoms with Crippen molar-refractivity contribution in [3.8, 4) is 0 Å². The normalized spacial score (nSPS) is 20.0. The Hall–Kier alpha value is -1.92. The summed E-state index contributed by atoms with van der Waals surface area (Å²) in [6.45, 7) is 2.74. The number of thiophene rings is 1. The predicted molar refractivity (Wildman–Crippen MR) is 89.0 cm³/mol. The molecule has 0 radical (unpaired) electrons. The van der Waals surface area contributed by atoms with Gasteiger partial charge in [0.1, 0.15) is 11.5 Å². The lowest BCUT2D eigenvalue weighted by molar-refractivity contribution is 0.0818. The minimum Gasteiger partial charge on any atom is -0.362 e. The van der Waals surface area contributed by atoms with Crippen LogP contribution in [-0.2, 0) is 6.54 Å². The topological polar surface area (TPSA) is 44.4 Å². The molecule has 0 unspecified atom stereocenters. The molecule has 4 rings (SSSR count). The first kappa shape index (κ1) is 14.7. The van der Waals surface area contributed by atoms with Crippen LogP contribution in [0.2, 0.25) is 0 Å². The third kappa shape index (κ3) is 2.72. The van der Waals surface area contributed by atoms with Crippen LogP contribution in [0, 0.1) is 5.82 Å². The molecule has 0 atom stereocenters. The number of amides is 1. The van der Waals surface area contributed by atoms with Crippen LogP contribution < -0.4 is 10.6 Å². The van der Waals surface area contributed by atoms with Crippen LogP contribution in [0.4, 0.5) is 10.1 Å². The molecule has 120 valence electrons. The van der Waals surface area contributed by atoms with Crippen LogP contribution in [0.15, 0.2) is 35.0 Å². The molecule has 1 amide bonds. The second kappa shape index (κ2) is 5.62. The maximum Gasteiger partial charge on any atom is 0.258 e. The van der Waals surface area contributed by atoms with E-state index in [4.69, 9.17) is 0 Å². The highest BCUT2D eigenvalue weighted by molar-refractivity contribution is 7.07. The number of nitrogens with one attached hydrogen (secondary N) is 2. The fraction of sp³-hybridized carbons (Fsp3) is 0.353. The third-order valence-corrected chi connectivity index (χ3v) is 5.40. The number of piperidine rings is 1. The fourth-order valence-electron chi connectivity index (χ4n) is 3.41. The van der Waals surface area contributed by atoms with Gasteiger partial charge in [0.05, 0.1) is 11.3 Å². The number of nitrogens with zero attached hydrogens (tertiary/aromatic N) is 1. The number of hydrogen-bond donors (Lipinski definition) is 2. The van der Waals surface area contributed by atoms with E-state index in [0.29, 0.717) is 5.69 Å². The molecule has 1 aromatic heterocycles. The monoisotopic (exact) mass is 331 g/mol. The van der Waals surface area contributed by atoms with Gasteiger partial charge in [-0.1, -0.05) is 6.07 Å². The summed E-state index contributed by atoms with van der Waals surface area (Å²) >= 11 is 1.71. The molecule has 23 heavy (non-hydrogen) atoms. The molecule has 2 N–H and O–H groups in total. The molecule has 0 saturated carbocycles. The van der Waals surface area contributed by atoms with Crippen molar-refractivity contribution in [2.24, 2.45) is 0 Å². The summed E-state index contributed by atoms with van der Waals surface area (Å²) in [6.07, 6.45) is 1.61. The van der Waals surface area contributed by atoms with Crippen LogP contribution in [0.25, 0.3) is 0 Å². The molecule has 1 spiro atoms. The number of halogens is 1. The van der Waals surface area contributed by atoms with E-state index in [-0.39, 0.29) is 11.5 Å². The highest BCUT2D eigenvalue weighted by Crippen LogP contribution is 2.32. The summed E-state index contributed by atoms with van der Waals surface area (Å²) in [5, 5.41) is 10.6. The Morgan fingerprint density at radius 3 is 2.78 bits per heavy atom. The molecule has 0 aliphatic carbocycles. The smallest absolute Gasteiger partial charge is 0.258 e. The molecule has 1 saturated heterocycles. The van der Waals surface area contributed by atoms with Gasteiger partial charge in [-0.3, -0.25) is 9.69 Å². The lowest BCUT2D eigenvalue weighted by Gasteiger charge is -2.45. The average Bonchev–Trinajstić information content (AvgIpc) is 3.02. The first-order valence-electron chi connectivity index (χ1n) is 7.78. The molecule has 1 aromatic carbocycles. The van der Waals surface area contributed by atoms with Crippen LogP contribution in [0.5, 0.6) is 0 Å². The molecule has 6 heteroatoms. The number of likely N-dealkylation sites (tertiary alicyclic amines) is 1. The third-order valence-electron chi connectivity index (χ3n) is 4.66. The van der Waals surface area contributed by atoms with Crippen molar-refractivity contribution in [1.82, 2.24) is 10.2 Å². The minimum atomic E-state index is -0.475. The van der Waals surface area contributed by atoms with E-state index >= 15 is 0 Å². The lowest BCUT2D eigenvalue weighted by Crippen LogP contribution is -2.62. The van der Waals surface area contributed by atoms with Gasteiger partial charge in [-0.2, -0.15) is 11.3 Å². The number of carbonyl (C=O) groups excluding carboxylic acids is 1. The van der Waals surface area contributed by atoms with E-state index < -0.39 is 11.5 Å². The van der Waals surface area contributed by atoms with Crippen LogP contribution in [0.3, 0.4) is 0 Å². The molecule has 3 heterocycles. The lowest BCUT2D eigenvalue weighted by atomic mass is 9.92. The number of anilines is 1. The van der Waals surface area contributed by atoms with E-state index in [0.717, 1.165) is 32.5 Å². The Bertz CT molecular complexity index is 723. The maximum absolute atomic E-state index is 13.8. The molecule has 1 fully saturated rings. The number of fused-ring (bicyclic) bond motifs is 1. The second-order valence-corrected chi connectivity index (χ2v) is 7.01. The molecule has 2 aliphatic rings. The Morgan fingerprint density at radius 1 is 1.22 bits per heavy atom. The molecule has 0 bridgehead atoms. The Labute approximate surface area is 138 Å². The second-order valence-electron chi connectivity index (χ2n) is 6.23. The minimum absolute atomic E-state index is 0.124. The summed E-state index contributed by atoms with van der Waals surface area (Å²) < 4.78 is 13.8. The quantitative estimate of drug-likeness (QED) is 0.889. The van der Waals surface area contributed by atoms with Crippen molar-refractivity contribution in [3.63, 3.8) is 0 Å². The van der Waals surface area contributed by atoms with E-state index in [9.17, 15) is 9.18 Å². The van der Waals surface area contributed by atoms with E-state index in [2.05, 4.69) is 32.4 Å². The molecule has 2 aromatic rings. The fourth-order valence-corrected chi connectivity index (χ4v) is 4.07. The van der Waals surface area contributed by atoms with Crippen molar-refractivity contribution in [3.05, 3.63) is 52.0 Å². The van der Waals surface area contributed by atoms with Gasteiger partial charge in [0, 0.05) is 32.5 Å². The number of benzene rings is 1. The SMILES string of the molecule is O=C1NC2(CCN(Cc3ccsc3)CC2)Nc2cccc(F)c21. The Balaban J connectivity index is 1.48. The zero-order valence-electron chi connectivity index (χ0n) is 12.6. The van der Waals surface area contributed by atoms with Crippen molar-refractivity contribution in [2.45, 2.75) is 25.0 Å². The van der Waals surface area contributed by atoms with Gasteiger partial charge in [0.25, 0.3) is 5.91 Å². The summed E-state index contributed by atoms with van der Waals surface area (Å²) in [6, 6.07) is 6.88. The average molecular weight is 331 g/mol. The zero-order chi connectivity index (χ0) is 15.9. The van der Waals surface area contributed by atoms with Gasteiger partial charge in [-0.25, -0.2) is 4.39 Å². The van der Waals surface area contributed by atoms with Gasteiger partial charge in [-0.15, -0.1) is 0 Å². The molecular formula is C17H18FN3OS.